The van der Waals surface area contributed by atoms with Crippen LogP contribution in [0.5, 0.6) is 0 Å². The van der Waals surface area contributed by atoms with E-state index < -0.39 is 11.8 Å². The number of hydrogen-bond donors (Lipinski definition) is 1. The summed E-state index contributed by atoms with van der Waals surface area (Å²) >= 11 is 0. The summed E-state index contributed by atoms with van der Waals surface area (Å²) in [5.74, 6) is -0.962. The number of piperazine rings is 1. The van der Waals surface area contributed by atoms with Crippen molar-refractivity contribution in [2.45, 2.75) is 32.2 Å². The van der Waals surface area contributed by atoms with Crippen molar-refractivity contribution in [1.29, 1.82) is 0 Å². The van der Waals surface area contributed by atoms with E-state index >= 15 is 0 Å². The van der Waals surface area contributed by atoms with Crippen molar-refractivity contribution in [2.24, 2.45) is 0 Å². The largest absolute Gasteiger partial charge is 0.369 e. The topological polar surface area (TPSA) is 55.9 Å². The van der Waals surface area contributed by atoms with Gasteiger partial charge in [0.15, 0.2) is 0 Å². The molecule has 25 heavy (non-hydrogen) atoms. The van der Waals surface area contributed by atoms with Crippen LogP contribution in [-0.4, -0.2) is 67.4 Å². The first-order valence-electron chi connectivity index (χ1n) is 9.20. The van der Waals surface area contributed by atoms with E-state index in [1.165, 1.54) is 0 Å². The molecule has 1 atom stereocenters. The van der Waals surface area contributed by atoms with Crippen molar-refractivity contribution < 1.29 is 9.59 Å². The Labute approximate surface area is 149 Å². The highest BCUT2D eigenvalue weighted by Crippen LogP contribution is 2.20. The minimum absolute atomic E-state index is 0.145. The average molecular weight is 344 g/mol. The molecule has 2 heterocycles. The maximum absolute atomic E-state index is 12.4. The molecule has 0 aliphatic carbocycles. The monoisotopic (exact) mass is 344 g/mol. The van der Waals surface area contributed by atoms with Gasteiger partial charge < -0.3 is 20.0 Å². The maximum atomic E-state index is 12.4. The SMILES string of the molecule is CC1CCCCN1C(=O)C(=O)Nc1ccc(N2CCN(C)CC2)cc1. The molecule has 0 spiro atoms. The first-order valence-corrected chi connectivity index (χ1v) is 9.20. The van der Waals surface area contributed by atoms with Crippen molar-refractivity contribution in [3.05, 3.63) is 24.3 Å². The summed E-state index contributed by atoms with van der Waals surface area (Å²) in [7, 11) is 2.14. The highest BCUT2D eigenvalue weighted by Gasteiger charge is 2.28. The van der Waals surface area contributed by atoms with Crippen LogP contribution in [0, 0.1) is 0 Å². The fourth-order valence-corrected chi connectivity index (χ4v) is 3.54. The Balaban J connectivity index is 1.57. The number of carbonyl (C=O) groups is 2. The third-order valence-electron chi connectivity index (χ3n) is 5.25. The first kappa shape index (κ1) is 17.7. The molecule has 6 nitrogen and oxygen atoms in total. The van der Waals surface area contributed by atoms with Gasteiger partial charge in [0.1, 0.15) is 0 Å². The van der Waals surface area contributed by atoms with Gasteiger partial charge >= 0.3 is 11.8 Å². The Morgan fingerprint density at radius 3 is 2.32 bits per heavy atom. The number of hydrogen-bond acceptors (Lipinski definition) is 4. The van der Waals surface area contributed by atoms with E-state index in [0.717, 1.165) is 51.1 Å². The third-order valence-corrected chi connectivity index (χ3v) is 5.25. The molecule has 1 aromatic rings. The molecule has 3 rings (SSSR count). The lowest BCUT2D eigenvalue weighted by Crippen LogP contribution is -2.47. The zero-order valence-electron chi connectivity index (χ0n) is 15.2. The van der Waals surface area contributed by atoms with Crippen LogP contribution >= 0.6 is 0 Å². The van der Waals surface area contributed by atoms with Gasteiger partial charge in [0.2, 0.25) is 0 Å². The summed E-state index contributed by atoms with van der Waals surface area (Å²) in [6.45, 7) is 6.81. The van der Waals surface area contributed by atoms with Crippen molar-refractivity contribution in [3.63, 3.8) is 0 Å². The second-order valence-electron chi connectivity index (χ2n) is 7.13. The van der Waals surface area contributed by atoms with E-state index in [4.69, 9.17) is 0 Å². The Hall–Kier alpha value is -2.08. The standard InChI is InChI=1S/C19H28N4O2/c1-15-5-3-4-10-23(15)19(25)18(24)20-16-6-8-17(9-7-16)22-13-11-21(2)12-14-22/h6-9,15H,3-5,10-14H2,1-2H3,(H,20,24). The Morgan fingerprint density at radius 2 is 1.68 bits per heavy atom. The molecule has 2 fully saturated rings. The number of anilines is 2. The molecule has 1 unspecified atom stereocenters. The molecule has 0 radical (unpaired) electrons. The van der Waals surface area contributed by atoms with Crippen molar-refractivity contribution in [3.8, 4) is 0 Å². The summed E-state index contributed by atoms with van der Waals surface area (Å²) in [4.78, 5) is 31.0. The van der Waals surface area contributed by atoms with Crippen LogP contribution in [0.1, 0.15) is 26.2 Å². The van der Waals surface area contributed by atoms with Gasteiger partial charge in [-0.2, -0.15) is 0 Å². The Bertz CT molecular complexity index is 608. The van der Waals surface area contributed by atoms with Crippen molar-refractivity contribution >= 4 is 23.2 Å². The molecule has 2 saturated heterocycles. The number of nitrogens with one attached hydrogen (secondary N) is 1. The number of nitrogens with zero attached hydrogens (tertiary/aromatic N) is 3. The summed E-state index contributed by atoms with van der Waals surface area (Å²) in [5, 5.41) is 2.74. The van der Waals surface area contributed by atoms with Gasteiger partial charge in [-0.15, -0.1) is 0 Å². The lowest BCUT2D eigenvalue weighted by Gasteiger charge is -2.34. The van der Waals surface area contributed by atoms with Crippen LogP contribution in [-0.2, 0) is 9.59 Å². The van der Waals surface area contributed by atoms with E-state index in [0.29, 0.717) is 12.2 Å². The van der Waals surface area contributed by atoms with Gasteiger partial charge in [-0.05, 0) is 57.5 Å². The lowest BCUT2D eigenvalue weighted by atomic mass is 10.0. The van der Waals surface area contributed by atoms with Crippen molar-refractivity contribution in [1.82, 2.24) is 9.80 Å². The minimum atomic E-state index is -0.541. The van der Waals surface area contributed by atoms with Crippen molar-refractivity contribution in [2.75, 3.05) is 50.0 Å². The van der Waals surface area contributed by atoms with Gasteiger partial charge in [-0.1, -0.05) is 0 Å². The van der Waals surface area contributed by atoms with E-state index in [1.807, 2.05) is 31.2 Å². The van der Waals surface area contributed by atoms with Gasteiger partial charge in [0, 0.05) is 50.1 Å². The van der Waals surface area contributed by atoms with Crippen LogP contribution in [0.4, 0.5) is 11.4 Å². The quantitative estimate of drug-likeness (QED) is 0.831. The zero-order chi connectivity index (χ0) is 17.8. The predicted octanol–water partition coefficient (Wildman–Crippen LogP) is 1.78. The molecular weight excluding hydrogens is 316 g/mol. The normalized spacial score (nSPS) is 21.9. The van der Waals surface area contributed by atoms with E-state index in [1.54, 1.807) is 4.90 Å². The number of rotatable bonds is 2. The van der Waals surface area contributed by atoms with E-state index in [2.05, 4.69) is 22.2 Å². The van der Waals surface area contributed by atoms with Crippen LogP contribution in [0.2, 0.25) is 0 Å². The average Bonchev–Trinajstić information content (AvgIpc) is 2.63. The van der Waals surface area contributed by atoms with Crippen LogP contribution in [0.3, 0.4) is 0 Å². The molecule has 2 aliphatic rings. The third kappa shape index (κ3) is 4.31. The summed E-state index contributed by atoms with van der Waals surface area (Å²) in [6.07, 6.45) is 3.07. The van der Waals surface area contributed by atoms with Gasteiger partial charge in [0.05, 0.1) is 0 Å². The molecule has 2 amide bonds. The van der Waals surface area contributed by atoms with Gasteiger partial charge in [-0.25, -0.2) is 0 Å². The highest BCUT2D eigenvalue weighted by atomic mass is 16.2. The molecule has 1 N–H and O–H groups in total. The summed E-state index contributed by atoms with van der Waals surface area (Å²) < 4.78 is 0. The molecule has 1 aromatic carbocycles. The zero-order valence-corrected chi connectivity index (χ0v) is 15.2. The fourth-order valence-electron chi connectivity index (χ4n) is 3.54. The first-order chi connectivity index (χ1) is 12.0. The van der Waals surface area contributed by atoms with Crippen LogP contribution in [0.15, 0.2) is 24.3 Å². The number of carbonyl (C=O) groups excluding carboxylic acids is 2. The molecule has 0 aromatic heterocycles. The summed E-state index contributed by atoms with van der Waals surface area (Å²) in [6, 6.07) is 7.91. The van der Waals surface area contributed by atoms with E-state index in [9.17, 15) is 9.59 Å². The highest BCUT2D eigenvalue weighted by molar-refractivity contribution is 6.39. The molecule has 0 bridgehead atoms. The fraction of sp³-hybridized carbons (Fsp3) is 0.579. The molecule has 0 saturated carbocycles. The second kappa shape index (κ2) is 7.87. The van der Waals surface area contributed by atoms with Crippen LogP contribution in [0.25, 0.3) is 0 Å². The molecule has 136 valence electrons. The molecule has 6 heteroatoms. The van der Waals surface area contributed by atoms with Crippen LogP contribution < -0.4 is 10.2 Å². The molecular formula is C19H28N4O2. The summed E-state index contributed by atoms with van der Waals surface area (Å²) in [5.41, 5.74) is 1.82. The number of likely N-dealkylation sites (tertiary alicyclic amines) is 1. The number of likely N-dealkylation sites (N-methyl/N-ethyl adjacent to an activating group) is 1. The Morgan fingerprint density at radius 1 is 1.00 bits per heavy atom. The maximum Gasteiger partial charge on any atom is 0.313 e. The van der Waals surface area contributed by atoms with Gasteiger partial charge in [-0.3, -0.25) is 9.59 Å². The second-order valence-corrected chi connectivity index (χ2v) is 7.13. The minimum Gasteiger partial charge on any atom is -0.369 e. The number of piperidine rings is 1. The smallest absolute Gasteiger partial charge is 0.313 e. The Kier molecular flexibility index (Phi) is 5.58. The lowest BCUT2D eigenvalue weighted by molar-refractivity contribution is -0.145. The van der Waals surface area contributed by atoms with Gasteiger partial charge in [0.25, 0.3) is 0 Å². The van der Waals surface area contributed by atoms with E-state index in [-0.39, 0.29) is 6.04 Å². The number of benzene rings is 1. The predicted molar refractivity (Wildman–Crippen MR) is 99.8 cm³/mol. The number of amides is 2. The molecule has 2 aliphatic heterocycles.